The molecular formula is C19H8ClF2N3OS. The van der Waals surface area contributed by atoms with Crippen molar-refractivity contribution in [2.75, 3.05) is 0 Å². The van der Waals surface area contributed by atoms with Crippen molar-refractivity contribution in [3.05, 3.63) is 84.2 Å². The monoisotopic (exact) mass is 399 g/mol. The highest BCUT2D eigenvalue weighted by Crippen LogP contribution is 2.13. The smallest absolute Gasteiger partial charge is 0.267 e. The molecule has 8 heteroatoms. The van der Waals surface area contributed by atoms with Gasteiger partial charge in [0.15, 0.2) is 5.57 Å². The van der Waals surface area contributed by atoms with Gasteiger partial charge in [0.05, 0.1) is 10.2 Å². The maximum Gasteiger partial charge on any atom is 0.273 e. The van der Waals surface area contributed by atoms with Crippen molar-refractivity contribution in [2.24, 2.45) is 0 Å². The number of nitrogens with zero attached hydrogens (tertiary/aromatic N) is 3. The number of hydrogen-bond donors (Lipinski definition) is 0. The molecule has 1 heterocycles. The minimum Gasteiger partial charge on any atom is -0.267 e. The molecule has 0 atom stereocenters. The maximum atomic E-state index is 13.9. The molecule has 0 N–H and O–H groups in total. The summed E-state index contributed by atoms with van der Waals surface area (Å²) in [7, 11) is 0. The van der Waals surface area contributed by atoms with Crippen LogP contribution in [0.3, 0.4) is 0 Å². The summed E-state index contributed by atoms with van der Waals surface area (Å²) in [4.78, 5) is 12.9. The lowest BCUT2D eigenvalue weighted by atomic mass is 10.2. The van der Waals surface area contributed by atoms with E-state index >= 15 is 0 Å². The first kappa shape index (κ1) is 18.5. The van der Waals surface area contributed by atoms with Crippen LogP contribution in [0.15, 0.2) is 47.3 Å². The van der Waals surface area contributed by atoms with Gasteiger partial charge in [-0.3, -0.25) is 9.36 Å². The van der Waals surface area contributed by atoms with E-state index in [0.717, 1.165) is 17.4 Å². The number of thiazole rings is 1. The van der Waals surface area contributed by atoms with Gasteiger partial charge in [-0.15, -0.1) is 11.3 Å². The van der Waals surface area contributed by atoms with E-state index in [1.54, 1.807) is 30.3 Å². The molecule has 0 radical (unpaired) electrons. The molecule has 0 bridgehead atoms. The van der Waals surface area contributed by atoms with Gasteiger partial charge in [0.25, 0.3) is 5.56 Å². The molecule has 0 unspecified atom stereocenters. The molecule has 0 saturated heterocycles. The van der Waals surface area contributed by atoms with Crippen molar-refractivity contribution in [3.8, 4) is 17.8 Å². The van der Waals surface area contributed by atoms with Gasteiger partial charge in [-0.25, -0.2) is 8.78 Å². The highest BCUT2D eigenvalue weighted by Gasteiger charge is 2.12. The fourth-order valence-electron chi connectivity index (χ4n) is 2.38. The third kappa shape index (κ3) is 3.65. The first-order chi connectivity index (χ1) is 12.9. The molecule has 132 valence electrons. The Kier molecular flexibility index (Phi) is 5.18. The van der Waals surface area contributed by atoms with Gasteiger partial charge in [0.1, 0.15) is 28.4 Å². The van der Waals surface area contributed by atoms with E-state index in [-0.39, 0.29) is 20.3 Å². The topological polar surface area (TPSA) is 69.6 Å². The molecule has 0 aliphatic heterocycles. The second-order valence-electron chi connectivity index (χ2n) is 5.30. The third-order valence-electron chi connectivity index (χ3n) is 3.58. The van der Waals surface area contributed by atoms with E-state index in [1.807, 2.05) is 0 Å². The first-order valence-electron chi connectivity index (χ1n) is 7.43. The summed E-state index contributed by atoms with van der Waals surface area (Å²) >= 11 is 6.84. The normalized spacial score (nSPS) is 11.1. The Morgan fingerprint density at radius 2 is 1.89 bits per heavy atom. The number of rotatable bonds is 2. The fourth-order valence-corrected chi connectivity index (χ4v) is 3.61. The lowest BCUT2D eigenvalue weighted by Gasteiger charge is -2.02. The van der Waals surface area contributed by atoms with Crippen LogP contribution < -0.4 is 14.8 Å². The molecule has 0 saturated carbocycles. The van der Waals surface area contributed by atoms with Crippen LogP contribution in [0.25, 0.3) is 17.3 Å². The van der Waals surface area contributed by atoms with Gasteiger partial charge in [0, 0.05) is 16.7 Å². The second-order valence-corrected chi connectivity index (χ2v) is 6.77. The SMILES string of the molecule is N#CC(C#N)=c1s/c(=C\c2ccc(F)cc2F)c(=O)n1-c1cccc(Cl)c1. The zero-order valence-corrected chi connectivity index (χ0v) is 15.0. The van der Waals surface area contributed by atoms with Crippen LogP contribution >= 0.6 is 22.9 Å². The summed E-state index contributed by atoms with van der Waals surface area (Å²) in [6.45, 7) is 0. The zero-order valence-electron chi connectivity index (χ0n) is 13.4. The molecule has 0 aliphatic rings. The van der Waals surface area contributed by atoms with Crippen molar-refractivity contribution in [1.82, 2.24) is 4.57 Å². The highest BCUT2D eigenvalue weighted by molar-refractivity contribution is 7.07. The van der Waals surface area contributed by atoms with E-state index in [2.05, 4.69) is 0 Å². The summed E-state index contributed by atoms with van der Waals surface area (Å²) in [5.74, 6) is -1.57. The van der Waals surface area contributed by atoms with E-state index < -0.39 is 17.2 Å². The van der Waals surface area contributed by atoms with Crippen LogP contribution in [0.2, 0.25) is 5.02 Å². The molecular weight excluding hydrogens is 392 g/mol. The number of halogens is 3. The van der Waals surface area contributed by atoms with Crippen molar-refractivity contribution in [3.63, 3.8) is 0 Å². The van der Waals surface area contributed by atoms with Crippen molar-refractivity contribution >= 4 is 34.6 Å². The first-order valence-corrected chi connectivity index (χ1v) is 8.63. The molecule has 0 aliphatic carbocycles. The van der Waals surface area contributed by atoms with Gasteiger partial charge < -0.3 is 0 Å². The average Bonchev–Trinajstić information content (AvgIpc) is 2.95. The number of nitriles is 2. The Balaban J connectivity index is 2.41. The Bertz CT molecular complexity index is 1300. The Hall–Kier alpha value is -3.26. The van der Waals surface area contributed by atoms with E-state index in [9.17, 15) is 24.1 Å². The van der Waals surface area contributed by atoms with Crippen LogP contribution in [0.1, 0.15) is 5.56 Å². The minimum absolute atomic E-state index is 0.00927. The molecule has 3 rings (SSSR count). The quantitative estimate of drug-likeness (QED) is 0.665. The standard InChI is InChI=1S/C19H8ClF2N3OS/c20-13-2-1-3-15(7-13)25-18(26)17(27-19(25)12(9-23)10-24)6-11-4-5-14(21)8-16(11)22/h1-8H/b17-6-. The van der Waals surface area contributed by atoms with Gasteiger partial charge in [-0.2, -0.15) is 10.5 Å². The molecule has 3 aromatic rings. The van der Waals surface area contributed by atoms with Crippen LogP contribution in [0.5, 0.6) is 0 Å². The second kappa shape index (κ2) is 7.55. The third-order valence-corrected chi connectivity index (χ3v) is 4.90. The lowest BCUT2D eigenvalue weighted by molar-refractivity contribution is 0.581. The van der Waals surface area contributed by atoms with Gasteiger partial charge in [-0.05, 0) is 36.4 Å². The molecule has 27 heavy (non-hydrogen) atoms. The number of benzene rings is 2. The maximum absolute atomic E-state index is 13.9. The summed E-state index contributed by atoms with van der Waals surface area (Å²) < 4.78 is 28.4. The Morgan fingerprint density at radius 3 is 2.52 bits per heavy atom. The van der Waals surface area contributed by atoms with Crippen LogP contribution in [0.4, 0.5) is 8.78 Å². The average molecular weight is 400 g/mol. The van der Waals surface area contributed by atoms with Crippen molar-refractivity contribution in [2.45, 2.75) is 0 Å². The van der Waals surface area contributed by atoms with Gasteiger partial charge in [0.2, 0.25) is 0 Å². The number of aromatic nitrogens is 1. The summed E-state index contributed by atoms with van der Waals surface area (Å²) in [6.07, 6.45) is 1.25. The van der Waals surface area contributed by atoms with Crippen LogP contribution in [-0.4, -0.2) is 4.57 Å². The predicted octanol–water partition coefficient (Wildman–Crippen LogP) is 2.86. The number of hydrogen-bond acceptors (Lipinski definition) is 4. The summed E-state index contributed by atoms with van der Waals surface area (Å²) in [6, 6.07) is 12.8. The van der Waals surface area contributed by atoms with E-state index in [4.69, 9.17) is 11.6 Å². The molecule has 0 spiro atoms. The van der Waals surface area contributed by atoms with E-state index in [1.165, 1.54) is 22.8 Å². The zero-order chi connectivity index (χ0) is 19.6. The molecule has 0 fully saturated rings. The Labute approximate surface area is 160 Å². The molecule has 1 aromatic heterocycles. The van der Waals surface area contributed by atoms with Crippen LogP contribution in [-0.2, 0) is 0 Å². The largest absolute Gasteiger partial charge is 0.273 e. The predicted molar refractivity (Wildman–Crippen MR) is 98.7 cm³/mol. The summed E-state index contributed by atoms with van der Waals surface area (Å²) in [5, 5.41) is 18.8. The fraction of sp³-hybridized carbons (Fsp3) is 0. The minimum atomic E-state index is -0.830. The summed E-state index contributed by atoms with van der Waals surface area (Å²) in [5.41, 5.74) is -0.448. The van der Waals surface area contributed by atoms with Crippen LogP contribution in [0, 0.1) is 34.3 Å². The molecule has 0 amide bonds. The van der Waals surface area contributed by atoms with Gasteiger partial charge >= 0.3 is 0 Å². The lowest BCUT2D eigenvalue weighted by Crippen LogP contribution is -2.30. The Morgan fingerprint density at radius 1 is 1.15 bits per heavy atom. The van der Waals surface area contributed by atoms with E-state index in [0.29, 0.717) is 16.8 Å². The molecule has 2 aromatic carbocycles. The van der Waals surface area contributed by atoms with Crippen molar-refractivity contribution in [1.29, 1.82) is 10.5 Å². The highest BCUT2D eigenvalue weighted by atomic mass is 35.5. The molecule has 4 nitrogen and oxygen atoms in total. The van der Waals surface area contributed by atoms with Gasteiger partial charge in [-0.1, -0.05) is 17.7 Å². The van der Waals surface area contributed by atoms with Crippen molar-refractivity contribution < 1.29 is 8.78 Å².